The van der Waals surface area contributed by atoms with Crippen molar-refractivity contribution in [2.24, 2.45) is 0 Å². The van der Waals surface area contributed by atoms with E-state index in [0.29, 0.717) is 5.56 Å². The molecule has 17 heteroatoms. The maximum absolute atomic E-state index is 13.4. The molecule has 5 rings (SSSR count). The fourth-order valence-electron chi connectivity index (χ4n) is 3.93. The van der Waals surface area contributed by atoms with Gasteiger partial charge in [-0.15, -0.1) is 20.4 Å². The van der Waals surface area contributed by atoms with Crippen molar-refractivity contribution in [3.63, 3.8) is 0 Å². The minimum absolute atomic E-state index is 0.00154. The SMILES string of the molecule is COc1cc(-c2nnc(/C(C)=C(\OCC(F)(F)F)c3nnc(-c4ccc(S(C)(=O)=O)cn4)n3-c3ccccc3Cl)o2)ccn1. The van der Waals surface area contributed by atoms with Gasteiger partial charge in [0.25, 0.3) is 0 Å². The van der Waals surface area contributed by atoms with Crippen molar-refractivity contribution >= 4 is 32.8 Å². The number of benzene rings is 1. The molecule has 4 aromatic heterocycles. The van der Waals surface area contributed by atoms with E-state index < -0.39 is 28.4 Å². The van der Waals surface area contributed by atoms with E-state index in [2.05, 4.69) is 30.4 Å². The Bertz CT molecular complexity index is 1960. The van der Waals surface area contributed by atoms with Crippen molar-refractivity contribution in [2.45, 2.75) is 18.0 Å². The number of pyridine rings is 2. The van der Waals surface area contributed by atoms with Crippen molar-refractivity contribution in [1.29, 1.82) is 0 Å². The van der Waals surface area contributed by atoms with Crippen molar-refractivity contribution < 1.29 is 35.5 Å². The highest BCUT2D eigenvalue weighted by atomic mass is 35.5. The highest BCUT2D eigenvalue weighted by Crippen LogP contribution is 2.35. The molecule has 0 aliphatic carbocycles. The summed E-state index contributed by atoms with van der Waals surface area (Å²) < 4.78 is 81.8. The van der Waals surface area contributed by atoms with E-state index >= 15 is 0 Å². The molecule has 0 N–H and O–H groups in total. The van der Waals surface area contributed by atoms with Gasteiger partial charge >= 0.3 is 6.18 Å². The number of ether oxygens (including phenoxy) is 2. The van der Waals surface area contributed by atoms with E-state index in [4.69, 9.17) is 25.5 Å². The maximum Gasteiger partial charge on any atom is 0.422 e. The second-order valence-corrected chi connectivity index (χ2v) is 11.6. The zero-order chi connectivity index (χ0) is 31.6. The van der Waals surface area contributed by atoms with Crippen molar-refractivity contribution in [3.8, 4) is 34.5 Å². The van der Waals surface area contributed by atoms with Gasteiger partial charge in [-0.05, 0) is 37.3 Å². The quantitative estimate of drug-likeness (QED) is 0.192. The molecule has 0 aliphatic rings. The van der Waals surface area contributed by atoms with E-state index in [1.165, 1.54) is 36.9 Å². The number of hydrogen-bond donors (Lipinski definition) is 0. The average molecular weight is 648 g/mol. The molecule has 1 aromatic carbocycles. The Balaban J connectivity index is 1.70. The van der Waals surface area contributed by atoms with Crippen LogP contribution in [0.4, 0.5) is 13.2 Å². The number of para-hydroxylation sites is 1. The lowest BCUT2D eigenvalue weighted by molar-refractivity contribution is -0.158. The largest absolute Gasteiger partial charge is 0.481 e. The number of alkyl halides is 3. The Labute approximate surface area is 253 Å². The average Bonchev–Trinajstić information content (AvgIpc) is 3.65. The number of allylic oxidation sites excluding steroid dienone is 1. The molecule has 228 valence electrons. The maximum atomic E-state index is 13.4. The zero-order valence-corrected chi connectivity index (χ0v) is 24.6. The molecule has 0 saturated carbocycles. The summed E-state index contributed by atoms with van der Waals surface area (Å²) in [6, 6.07) is 12.3. The molecular weight excluding hydrogens is 627 g/mol. The molecule has 0 amide bonds. The molecule has 0 unspecified atom stereocenters. The van der Waals surface area contributed by atoms with E-state index in [1.54, 1.807) is 36.4 Å². The fourth-order valence-corrected chi connectivity index (χ4v) is 4.71. The van der Waals surface area contributed by atoms with Crippen molar-refractivity contribution in [3.05, 3.63) is 77.7 Å². The molecule has 0 spiro atoms. The van der Waals surface area contributed by atoms with Gasteiger partial charge in [-0.25, -0.2) is 13.4 Å². The van der Waals surface area contributed by atoms with Crippen LogP contribution in [0.5, 0.6) is 5.88 Å². The fraction of sp³-hybridized carbons (Fsp3) is 0.185. The second kappa shape index (κ2) is 12.0. The minimum atomic E-state index is -4.72. The monoisotopic (exact) mass is 647 g/mol. The van der Waals surface area contributed by atoms with E-state index in [-0.39, 0.29) is 56.2 Å². The van der Waals surface area contributed by atoms with Crippen LogP contribution in [0.1, 0.15) is 18.6 Å². The van der Waals surface area contributed by atoms with Crippen LogP contribution >= 0.6 is 11.6 Å². The lowest BCUT2D eigenvalue weighted by Crippen LogP contribution is -2.18. The first-order chi connectivity index (χ1) is 20.9. The first-order valence-corrected chi connectivity index (χ1v) is 14.7. The van der Waals surface area contributed by atoms with Gasteiger partial charge in [0.1, 0.15) is 5.69 Å². The second-order valence-electron chi connectivity index (χ2n) is 9.14. The van der Waals surface area contributed by atoms with Crippen LogP contribution in [0.3, 0.4) is 0 Å². The highest BCUT2D eigenvalue weighted by Gasteiger charge is 2.32. The van der Waals surface area contributed by atoms with Gasteiger partial charge in [-0.2, -0.15) is 13.2 Å². The lowest BCUT2D eigenvalue weighted by Gasteiger charge is -2.17. The molecule has 44 heavy (non-hydrogen) atoms. The van der Waals surface area contributed by atoms with Gasteiger partial charge in [0.15, 0.2) is 28.0 Å². The predicted molar refractivity (Wildman–Crippen MR) is 151 cm³/mol. The summed E-state index contributed by atoms with van der Waals surface area (Å²) in [4.78, 5) is 8.18. The molecule has 0 bridgehead atoms. The summed E-state index contributed by atoms with van der Waals surface area (Å²) in [7, 11) is -2.13. The van der Waals surface area contributed by atoms with Crippen LogP contribution in [-0.4, -0.2) is 69.5 Å². The predicted octanol–water partition coefficient (Wildman–Crippen LogP) is 5.31. The highest BCUT2D eigenvalue weighted by molar-refractivity contribution is 7.90. The Morgan fingerprint density at radius 3 is 2.48 bits per heavy atom. The van der Waals surface area contributed by atoms with Gasteiger partial charge in [-0.3, -0.25) is 9.55 Å². The third-order valence-corrected chi connectivity index (χ3v) is 7.43. The summed E-state index contributed by atoms with van der Waals surface area (Å²) in [5.74, 6) is -0.408. The van der Waals surface area contributed by atoms with Crippen LogP contribution in [0.25, 0.3) is 40.0 Å². The number of halogens is 4. The Morgan fingerprint density at radius 1 is 1.05 bits per heavy atom. The minimum Gasteiger partial charge on any atom is -0.481 e. The third kappa shape index (κ3) is 6.55. The Kier molecular flexibility index (Phi) is 8.38. The van der Waals surface area contributed by atoms with Gasteiger partial charge < -0.3 is 13.9 Å². The summed E-state index contributed by atoms with van der Waals surface area (Å²) in [5.41, 5.74) is 0.873. The first kappa shape index (κ1) is 30.6. The summed E-state index contributed by atoms with van der Waals surface area (Å²) in [6.45, 7) is -0.269. The number of rotatable bonds is 9. The van der Waals surface area contributed by atoms with E-state index in [1.807, 2.05) is 0 Å². The lowest BCUT2D eigenvalue weighted by atomic mass is 10.2. The molecule has 0 radical (unpaired) electrons. The molecular formula is C27H21ClF3N7O5S. The van der Waals surface area contributed by atoms with Crippen LogP contribution < -0.4 is 4.74 Å². The van der Waals surface area contributed by atoms with E-state index in [0.717, 1.165) is 12.5 Å². The van der Waals surface area contributed by atoms with Crippen LogP contribution in [0.15, 0.2) is 70.2 Å². The van der Waals surface area contributed by atoms with Gasteiger partial charge in [0, 0.05) is 30.3 Å². The topological polar surface area (TPSA) is 148 Å². The number of nitrogens with zero attached hydrogens (tertiary/aromatic N) is 7. The molecule has 4 heterocycles. The number of aromatic nitrogens is 7. The number of sulfone groups is 1. The van der Waals surface area contributed by atoms with Crippen molar-refractivity contribution in [1.82, 2.24) is 34.9 Å². The standard InChI is InChI=1S/C27H21ClF3N7O5S/c1-15(25-36-37-26(43-25)16-10-11-32-21(12-16)41-2)22(42-14-27(29,30)31)24-35-34-23(38(24)20-7-5-4-6-18(20)28)19-9-8-17(13-33-19)44(3,39)40/h4-13H,14H2,1-3H3/b22-15-. The summed E-state index contributed by atoms with van der Waals surface area (Å²) in [5, 5.41) is 16.5. The molecule has 12 nitrogen and oxygen atoms in total. The Hall–Kier alpha value is -4.83. The van der Waals surface area contributed by atoms with Crippen LogP contribution in [0.2, 0.25) is 5.02 Å². The summed E-state index contributed by atoms with van der Waals surface area (Å²) in [6.07, 6.45) is -1.10. The molecule has 0 saturated heterocycles. The van der Waals surface area contributed by atoms with Gasteiger partial charge in [0.2, 0.25) is 23.5 Å². The van der Waals surface area contributed by atoms with Crippen LogP contribution in [0, 0.1) is 0 Å². The van der Waals surface area contributed by atoms with Gasteiger partial charge in [-0.1, -0.05) is 23.7 Å². The first-order valence-electron chi connectivity index (χ1n) is 12.5. The molecule has 0 atom stereocenters. The molecule has 0 aliphatic heterocycles. The molecule has 5 aromatic rings. The molecule has 0 fully saturated rings. The van der Waals surface area contributed by atoms with Crippen LogP contribution in [-0.2, 0) is 14.6 Å². The van der Waals surface area contributed by atoms with Crippen molar-refractivity contribution in [2.75, 3.05) is 20.0 Å². The third-order valence-electron chi connectivity index (χ3n) is 6.01. The number of hydrogen-bond acceptors (Lipinski definition) is 11. The normalized spacial score (nSPS) is 12.6. The summed E-state index contributed by atoms with van der Waals surface area (Å²) >= 11 is 6.51. The van der Waals surface area contributed by atoms with E-state index in [9.17, 15) is 21.6 Å². The smallest absolute Gasteiger partial charge is 0.422 e. The van der Waals surface area contributed by atoms with Gasteiger partial charge in [0.05, 0.1) is 28.3 Å². The number of methoxy groups -OCH3 is 1. The Morgan fingerprint density at radius 2 is 1.82 bits per heavy atom. The zero-order valence-electron chi connectivity index (χ0n) is 23.1.